The topological polar surface area (TPSA) is 78.9 Å². The maximum atomic E-state index is 12.9. The molecule has 0 N–H and O–H groups in total. The van der Waals surface area contributed by atoms with E-state index >= 15 is 0 Å². The van der Waals surface area contributed by atoms with Gasteiger partial charge in [-0.05, 0) is 96.3 Å². The molecule has 0 fully saturated rings. The average molecular weight is 1070 g/mol. The molecule has 0 spiro atoms. The fourth-order valence-corrected chi connectivity index (χ4v) is 9.44. The Hall–Kier alpha value is -3.41. The van der Waals surface area contributed by atoms with E-state index in [9.17, 15) is 14.4 Å². The normalized spacial score (nSPS) is 12.6. The zero-order chi connectivity index (χ0) is 55.7. The van der Waals surface area contributed by atoms with E-state index in [0.717, 1.165) is 103 Å². The number of hydrogen-bond acceptors (Lipinski definition) is 6. The molecule has 0 radical (unpaired) electrons. The van der Waals surface area contributed by atoms with E-state index in [0.29, 0.717) is 19.3 Å². The van der Waals surface area contributed by atoms with Gasteiger partial charge in [-0.25, -0.2) is 0 Å². The van der Waals surface area contributed by atoms with Crippen LogP contribution in [0.2, 0.25) is 0 Å². The van der Waals surface area contributed by atoms with Gasteiger partial charge < -0.3 is 14.2 Å². The SMILES string of the molecule is CC/C=C\C/C=C\C/C=C\C/C=C\C/C=C\CCCCCCCCCCCCCCCCCCCC(=O)OCC(COC(=O)CCCCCCCCCC)OC(=O)CCCCCCCCC/C=C\C/C=C\CCCCCC. The molecular weight excluding hydrogens is 949 g/mol. The Balaban J connectivity index is 4.06. The summed E-state index contributed by atoms with van der Waals surface area (Å²) in [4.78, 5) is 38.1. The van der Waals surface area contributed by atoms with Crippen molar-refractivity contribution in [2.24, 2.45) is 0 Å². The predicted molar refractivity (Wildman–Crippen MR) is 334 cm³/mol. The van der Waals surface area contributed by atoms with Gasteiger partial charge in [-0.1, -0.05) is 298 Å². The van der Waals surface area contributed by atoms with E-state index in [2.05, 4.69) is 106 Å². The molecule has 0 saturated heterocycles. The van der Waals surface area contributed by atoms with Crippen LogP contribution in [0.3, 0.4) is 0 Å². The number of carbonyl (C=O) groups is 3. The van der Waals surface area contributed by atoms with Crippen LogP contribution in [-0.2, 0) is 28.6 Å². The van der Waals surface area contributed by atoms with E-state index in [1.54, 1.807) is 0 Å². The monoisotopic (exact) mass is 1070 g/mol. The molecule has 0 rings (SSSR count). The van der Waals surface area contributed by atoms with Crippen LogP contribution in [0.4, 0.5) is 0 Å². The lowest BCUT2D eigenvalue weighted by Crippen LogP contribution is -2.30. The molecule has 0 bridgehead atoms. The Labute approximate surface area is 477 Å². The highest BCUT2D eigenvalue weighted by Crippen LogP contribution is 2.17. The molecule has 0 aliphatic heterocycles. The molecule has 6 heteroatoms. The van der Waals surface area contributed by atoms with Crippen LogP contribution < -0.4 is 0 Å². The fourth-order valence-electron chi connectivity index (χ4n) is 9.44. The van der Waals surface area contributed by atoms with Crippen molar-refractivity contribution in [2.45, 2.75) is 335 Å². The third-order valence-electron chi connectivity index (χ3n) is 14.4. The summed E-state index contributed by atoms with van der Waals surface area (Å²) in [5, 5.41) is 0. The lowest BCUT2D eigenvalue weighted by atomic mass is 10.0. The summed E-state index contributed by atoms with van der Waals surface area (Å²) >= 11 is 0. The van der Waals surface area contributed by atoms with Gasteiger partial charge in [0.05, 0.1) is 0 Å². The summed E-state index contributed by atoms with van der Waals surface area (Å²) in [6.07, 6.45) is 86.2. The smallest absolute Gasteiger partial charge is 0.306 e. The van der Waals surface area contributed by atoms with Crippen molar-refractivity contribution in [1.29, 1.82) is 0 Å². The summed E-state index contributed by atoms with van der Waals surface area (Å²) in [7, 11) is 0. The van der Waals surface area contributed by atoms with Crippen molar-refractivity contribution in [3.63, 3.8) is 0 Å². The first-order valence-corrected chi connectivity index (χ1v) is 33.1. The predicted octanol–water partition coefficient (Wildman–Crippen LogP) is 22.7. The Bertz CT molecular complexity index is 1470. The summed E-state index contributed by atoms with van der Waals surface area (Å²) in [6.45, 7) is 6.51. The van der Waals surface area contributed by atoms with Gasteiger partial charge in [-0.2, -0.15) is 0 Å². The second-order valence-electron chi connectivity index (χ2n) is 22.0. The Morgan fingerprint density at radius 1 is 0.273 bits per heavy atom. The molecule has 1 unspecified atom stereocenters. The molecule has 0 aliphatic carbocycles. The molecule has 1 atom stereocenters. The first-order valence-electron chi connectivity index (χ1n) is 33.1. The van der Waals surface area contributed by atoms with Crippen molar-refractivity contribution in [3.8, 4) is 0 Å². The number of carbonyl (C=O) groups excluding carboxylic acids is 3. The molecule has 444 valence electrons. The summed E-state index contributed by atoms with van der Waals surface area (Å²) in [5.41, 5.74) is 0. The number of hydrogen-bond donors (Lipinski definition) is 0. The van der Waals surface area contributed by atoms with Gasteiger partial charge in [0, 0.05) is 19.3 Å². The highest BCUT2D eigenvalue weighted by atomic mass is 16.6. The summed E-state index contributed by atoms with van der Waals surface area (Å²) in [6, 6.07) is 0. The lowest BCUT2D eigenvalue weighted by molar-refractivity contribution is -0.167. The van der Waals surface area contributed by atoms with Gasteiger partial charge in [0.25, 0.3) is 0 Å². The quantitative estimate of drug-likeness (QED) is 0.0261. The van der Waals surface area contributed by atoms with Gasteiger partial charge in [-0.3, -0.25) is 14.4 Å². The molecule has 0 saturated carbocycles. The standard InChI is InChI=1S/C71H124O6/c1-4-7-10-13-16-19-21-23-25-27-29-30-31-32-33-34-35-36-37-38-39-40-41-42-43-45-46-48-50-52-55-58-61-64-70(73)76-67-68(66-75-69(72)63-60-57-54-18-15-12-9-6-3)77-71(74)65-62-59-56-53-51-49-47-44-28-26-24-22-20-17-14-11-8-5-2/h7,10,16,19-20,22-23,25-26,28-30,32-33,68H,4-6,8-9,11-15,17-18,21,24,27,31,34-67H2,1-3H3/b10-7-,19-16-,22-20-,25-23-,28-26-,30-29-,33-32-. The molecule has 0 amide bonds. The van der Waals surface area contributed by atoms with Crippen LogP contribution in [0.1, 0.15) is 329 Å². The van der Waals surface area contributed by atoms with Crippen molar-refractivity contribution < 1.29 is 28.6 Å². The van der Waals surface area contributed by atoms with Gasteiger partial charge in [0.15, 0.2) is 6.10 Å². The number of allylic oxidation sites excluding steroid dienone is 14. The van der Waals surface area contributed by atoms with E-state index in [4.69, 9.17) is 14.2 Å². The third kappa shape index (κ3) is 63.3. The molecule has 77 heavy (non-hydrogen) atoms. The third-order valence-corrected chi connectivity index (χ3v) is 14.4. The Morgan fingerprint density at radius 2 is 0.506 bits per heavy atom. The lowest BCUT2D eigenvalue weighted by Gasteiger charge is -2.18. The Kier molecular flexibility index (Phi) is 62.2. The highest BCUT2D eigenvalue weighted by Gasteiger charge is 2.19. The Morgan fingerprint density at radius 3 is 0.805 bits per heavy atom. The first-order chi connectivity index (χ1) is 38.0. The van der Waals surface area contributed by atoms with Crippen molar-refractivity contribution >= 4 is 17.9 Å². The minimum atomic E-state index is -0.776. The van der Waals surface area contributed by atoms with Crippen LogP contribution in [0.5, 0.6) is 0 Å². The van der Waals surface area contributed by atoms with Gasteiger partial charge in [-0.15, -0.1) is 0 Å². The van der Waals surface area contributed by atoms with E-state index in [1.165, 1.54) is 186 Å². The van der Waals surface area contributed by atoms with Crippen LogP contribution in [0.25, 0.3) is 0 Å². The zero-order valence-corrected chi connectivity index (χ0v) is 51.0. The van der Waals surface area contributed by atoms with Crippen molar-refractivity contribution in [1.82, 2.24) is 0 Å². The van der Waals surface area contributed by atoms with Crippen LogP contribution >= 0.6 is 0 Å². The van der Waals surface area contributed by atoms with Crippen LogP contribution in [0, 0.1) is 0 Å². The second kappa shape index (κ2) is 65.1. The highest BCUT2D eigenvalue weighted by molar-refractivity contribution is 5.71. The van der Waals surface area contributed by atoms with Gasteiger partial charge >= 0.3 is 17.9 Å². The van der Waals surface area contributed by atoms with Gasteiger partial charge in [0.1, 0.15) is 13.2 Å². The summed E-state index contributed by atoms with van der Waals surface area (Å²) in [5.74, 6) is -0.873. The number of unbranched alkanes of at least 4 members (excludes halogenated alkanes) is 35. The van der Waals surface area contributed by atoms with E-state index in [1.807, 2.05) is 0 Å². The van der Waals surface area contributed by atoms with Crippen LogP contribution in [-0.4, -0.2) is 37.2 Å². The fraction of sp³-hybridized carbons (Fsp3) is 0.761. The number of rotatable bonds is 60. The van der Waals surface area contributed by atoms with Crippen molar-refractivity contribution in [3.05, 3.63) is 85.1 Å². The first kappa shape index (κ1) is 73.6. The number of esters is 3. The summed E-state index contributed by atoms with van der Waals surface area (Å²) < 4.78 is 16.9. The molecule has 0 aromatic carbocycles. The molecule has 0 aromatic heterocycles. The molecule has 0 aromatic rings. The minimum Gasteiger partial charge on any atom is -0.462 e. The average Bonchev–Trinajstić information content (AvgIpc) is 3.43. The largest absolute Gasteiger partial charge is 0.462 e. The van der Waals surface area contributed by atoms with E-state index < -0.39 is 6.10 Å². The molecule has 0 aliphatic rings. The maximum absolute atomic E-state index is 12.9. The molecule has 6 nitrogen and oxygen atoms in total. The zero-order valence-electron chi connectivity index (χ0n) is 51.0. The van der Waals surface area contributed by atoms with Gasteiger partial charge in [0.2, 0.25) is 0 Å². The molecule has 0 heterocycles. The maximum Gasteiger partial charge on any atom is 0.306 e. The molecular formula is C71H124O6. The van der Waals surface area contributed by atoms with Crippen LogP contribution in [0.15, 0.2) is 85.1 Å². The van der Waals surface area contributed by atoms with Crippen molar-refractivity contribution in [2.75, 3.05) is 13.2 Å². The second-order valence-corrected chi connectivity index (χ2v) is 22.0. The number of ether oxygens (including phenoxy) is 3. The van der Waals surface area contributed by atoms with E-state index in [-0.39, 0.29) is 31.1 Å². The minimum absolute atomic E-state index is 0.0752.